The summed E-state index contributed by atoms with van der Waals surface area (Å²) in [6.07, 6.45) is 1.76. The van der Waals surface area contributed by atoms with Crippen molar-refractivity contribution in [2.75, 3.05) is 13.1 Å². The molecular formula is C21H26N2O4S2. The van der Waals surface area contributed by atoms with Gasteiger partial charge in [-0.15, -0.1) is 11.3 Å². The number of carbonyl (C=O) groups is 1. The topological polar surface area (TPSA) is 75.7 Å². The second-order valence-electron chi connectivity index (χ2n) is 8.28. The van der Waals surface area contributed by atoms with Gasteiger partial charge in [0.1, 0.15) is 15.6 Å². The highest BCUT2D eigenvalue weighted by Crippen LogP contribution is 2.39. The minimum atomic E-state index is -3.45. The first kappa shape index (κ1) is 20.4. The highest BCUT2D eigenvalue weighted by Gasteiger charge is 2.37. The highest BCUT2D eigenvalue weighted by atomic mass is 32.2. The average Bonchev–Trinajstić information content (AvgIpc) is 3.23. The smallest absolute Gasteiger partial charge is 0.252 e. The van der Waals surface area contributed by atoms with Crippen molar-refractivity contribution >= 4 is 27.3 Å². The van der Waals surface area contributed by atoms with Gasteiger partial charge in [0.15, 0.2) is 0 Å². The number of fused-ring (bicyclic) bond motifs is 1. The molecule has 156 valence electrons. The molecule has 2 aliphatic heterocycles. The molecule has 1 atom stereocenters. The summed E-state index contributed by atoms with van der Waals surface area (Å²) in [5, 5.41) is 4.96. The number of sulfonamides is 1. The summed E-state index contributed by atoms with van der Waals surface area (Å²) in [5.74, 6) is 0.629. The largest absolute Gasteiger partial charge is 0.487 e. The van der Waals surface area contributed by atoms with E-state index >= 15 is 0 Å². The molecule has 3 heterocycles. The maximum absolute atomic E-state index is 13.0. The summed E-state index contributed by atoms with van der Waals surface area (Å²) in [5.41, 5.74) is 0.641. The van der Waals surface area contributed by atoms with E-state index in [0.29, 0.717) is 36.6 Å². The third-order valence-corrected chi connectivity index (χ3v) is 8.88. The Bertz CT molecular complexity index is 978. The normalized spacial score (nSPS) is 22.5. The van der Waals surface area contributed by atoms with Crippen LogP contribution in [0.4, 0.5) is 0 Å². The summed E-state index contributed by atoms with van der Waals surface area (Å²) in [7, 11) is -3.45. The number of thiophene rings is 1. The molecule has 0 saturated carbocycles. The van der Waals surface area contributed by atoms with Crippen molar-refractivity contribution in [1.29, 1.82) is 0 Å². The van der Waals surface area contributed by atoms with E-state index in [4.69, 9.17) is 4.74 Å². The van der Waals surface area contributed by atoms with Crippen LogP contribution in [0, 0.1) is 5.92 Å². The van der Waals surface area contributed by atoms with Crippen LogP contribution in [0.3, 0.4) is 0 Å². The third-order valence-electron chi connectivity index (χ3n) is 5.61. The number of nitrogens with zero attached hydrogens (tertiary/aromatic N) is 1. The van der Waals surface area contributed by atoms with E-state index < -0.39 is 10.0 Å². The van der Waals surface area contributed by atoms with Crippen molar-refractivity contribution in [3.63, 3.8) is 0 Å². The van der Waals surface area contributed by atoms with Crippen molar-refractivity contribution < 1.29 is 17.9 Å². The molecule has 1 amide bonds. The van der Waals surface area contributed by atoms with E-state index in [-0.39, 0.29) is 23.5 Å². The number of benzene rings is 1. The van der Waals surface area contributed by atoms with Crippen LogP contribution in [-0.2, 0) is 14.8 Å². The number of carbonyl (C=O) groups excluding carboxylic acids is 1. The average molecular weight is 435 g/mol. The zero-order valence-electron chi connectivity index (χ0n) is 16.6. The maximum atomic E-state index is 13.0. The summed E-state index contributed by atoms with van der Waals surface area (Å²) in [6.45, 7) is 4.79. The van der Waals surface area contributed by atoms with Crippen LogP contribution >= 0.6 is 11.3 Å². The van der Waals surface area contributed by atoms with Gasteiger partial charge in [-0.25, -0.2) is 8.42 Å². The third kappa shape index (κ3) is 4.20. The Labute approximate surface area is 175 Å². The monoisotopic (exact) mass is 434 g/mol. The van der Waals surface area contributed by atoms with Crippen molar-refractivity contribution in [2.24, 2.45) is 5.92 Å². The van der Waals surface area contributed by atoms with Gasteiger partial charge in [0.2, 0.25) is 5.91 Å². The predicted octanol–water partition coefficient (Wildman–Crippen LogP) is 3.57. The van der Waals surface area contributed by atoms with E-state index in [9.17, 15) is 13.2 Å². The van der Waals surface area contributed by atoms with Crippen LogP contribution in [0.25, 0.3) is 0 Å². The Balaban J connectivity index is 1.41. The number of hydrogen-bond acceptors (Lipinski definition) is 5. The first-order valence-electron chi connectivity index (χ1n) is 9.88. The molecular weight excluding hydrogens is 408 g/mol. The van der Waals surface area contributed by atoms with Gasteiger partial charge in [0.05, 0.1) is 6.04 Å². The fraction of sp³-hybridized carbons (Fsp3) is 0.476. The molecule has 1 fully saturated rings. The fourth-order valence-corrected chi connectivity index (χ4v) is 6.73. The molecule has 1 saturated heterocycles. The Hall–Kier alpha value is -1.90. The molecule has 1 aromatic carbocycles. The Morgan fingerprint density at radius 3 is 2.59 bits per heavy atom. The lowest BCUT2D eigenvalue weighted by atomic mass is 9.88. The van der Waals surface area contributed by atoms with Crippen molar-refractivity contribution in [2.45, 2.75) is 49.0 Å². The molecule has 2 aliphatic rings. The molecule has 8 heteroatoms. The van der Waals surface area contributed by atoms with E-state index in [1.54, 1.807) is 17.5 Å². The lowest BCUT2D eigenvalue weighted by molar-refractivity contribution is -0.127. The number of hydrogen-bond donors (Lipinski definition) is 1. The van der Waals surface area contributed by atoms with Crippen LogP contribution in [0.1, 0.15) is 44.7 Å². The molecule has 1 N–H and O–H groups in total. The van der Waals surface area contributed by atoms with Crippen LogP contribution in [0.5, 0.6) is 5.75 Å². The zero-order chi connectivity index (χ0) is 20.6. The minimum Gasteiger partial charge on any atom is -0.487 e. The van der Waals surface area contributed by atoms with Gasteiger partial charge in [-0.3, -0.25) is 4.79 Å². The number of nitrogens with one attached hydrogen (secondary N) is 1. The van der Waals surface area contributed by atoms with Crippen molar-refractivity contribution in [3.8, 4) is 5.75 Å². The van der Waals surface area contributed by atoms with Crippen LogP contribution in [0.15, 0.2) is 46.0 Å². The quantitative estimate of drug-likeness (QED) is 0.798. The summed E-state index contributed by atoms with van der Waals surface area (Å²) in [4.78, 5) is 13.0. The number of piperidine rings is 1. The standard InChI is InChI=1S/C21H26N2O4S2/c1-21(2)14-17(16-6-3-4-7-18(16)27-21)22-20(24)15-9-11-23(12-10-15)29(25,26)19-8-5-13-28-19/h3-8,13,15,17H,9-12,14H2,1-2H3,(H,22,24)/t17-/m1/s1. The van der Waals surface area contributed by atoms with Crippen molar-refractivity contribution in [3.05, 3.63) is 47.3 Å². The SMILES string of the molecule is CC1(C)C[C@@H](NC(=O)C2CCN(S(=O)(=O)c3cccs3)CC2)c2ccccc2O1. The summed E-state index contributed by atoms with van der Waals surface area (Å²) >= 11 is 1.23. The van der Waals surface area contributed by atoms with E-state index in [2.05, 4.69) is 5.32 Å². The molecule has 4 rings (SSSR count). The van der Waals surface area contributed by atoms with Gasteiger partial charge in [-0.05, 0) is 44.2 Å². The molecule has 29 heavy (non-hydrogen) atoms. The van der Waals surface area contributed by atoms with E-state index in [1.807, 2.05) is 38.1 Å². The Morgan fingerprint density at radius 2 is 1.90 bits per heavy atom. The maximum Gasteiger partial charge on any atom is 0.252 e. The Kier molecular flexibility index (Phi) is 5.44. The second-order valence-corrected chi connectivity index (χ2v) is 11.4. The molecule has 0 aliphatic carbocycles. The molecule has 0 unspecified atom stereocenters. The Morgan fingerprint density at radius 1 is 1.17 bits per heavy atom. The molecule has 2 aromatic rings. The van der Waals surface area contributed by atoms with Crippen LogP contribution in [-0.4, -0.2) is 37.3 Å². The number of amides is 1. The second kappa shape index (κ2) is 7.74. The fourth-order valence-electron chi connectivity index (χ4n) is 4.12. The first-order valence-corrected chi connectivity index (χ1v) is 12.2. The molecule has 0 radical (unpaired) electrons. The number of ether oxygens (including phenoxy) is 1. The van der Waals surface area contributed by atoms with Crippen molar-refractivity contribution in [1.82, 2.24) is 9.62 Å². The van der Waals surface area contributed by atoms with E-state index in [0.717, 1.165) is 11.3 Å². The number of para-hydroxylation sites is 1. The summed E-state index contributed by atoms with van der Waals surface area (Å²) < 4.78 is 33.2. The van der Waals surface area contributed by atoms with Crippen LogP contribution in [0.2, 0.25) is 0 Å². The van der Waals surface area contributed by atoms with Gasteiger partial charge in [0, 0.05) is 31.0 Å². The molecule has 0 bridgehead atoms. The number of rotatable bonds is 4. The van der Waals surface area contributed by atoms with Gasteiger partial charge in [-0.1, -0.05) is 24.3 Å². The zero-order valence-corrected chi connectivity index (χ0v) is 18.3. The minimum absolute atomic E-state index is 0.00400. The molecule has 6 nitrogen and oxygen atoms in total. The first-order chi connectivity index (χ1) is 13.8. The summed E-state index contributed by atoms with van der Waals surface area (Å²) in [6, 6.07) is 11.1. The van der Waals surface area contributed by atoms with Gasteiger partial charge >= 0.3 is 0 Å². The van der Waals surface area contributed by atoms with E-state index in [1.165, 1.54) is 15.6 Å². The lowest BCUT2D eigenvalue weighted by Gasteiger charge is -2.38. The predicted molar refractivity (Wildman–Crippen MR) is 112 cm³/mol. The van der Waals surface area contributed by atoms with Gasteiger partial charge in [0.25, 0.3) is 10.0 Å². The molecule has 0 spiro atoms. The van der Waals surface area contributed by atoms with Gasteiger partial charge < -0.3 is 10.1 Å². The van der Waals surface area contributed by atoms with Crippen LogP contribution < -0.4 is 10.1 Å². The highest BCUT2D eigenvalue weighted by molar-refractivity contribution is 7.91. The molecule has 1 aromatic heterocycles. The lowest BCUT2D eigenvalue weighted by Crippen LogP contribution is -2.46. The van der Waals surface area contributed by atoms with Gasteiger partial charge in [-0.2, -0.15) is 4.31 Å².